The molecule has 1 aromatic heterocycles. The number of aromatic nitrogens is 1. The molecule has 5 rings (SSSR count). The van der Waals surface area contributed by atoms with Crippen LogP contribution in [-0.2, 0) is 17.6 Å². The van der Waals surface area contributed by atoms with E-state index in [1.807, 2.05) is 24.3 Å². The number of carbonyl (C=O) groups is 2. The molecule has 1 unspecified atom stereocenters. The first-order valence-electron chi connectivity index (χ1n) is 11.3. The molecule has 0 spiro atoms. The summed E-state index contributed by atoms with van der Waals surface area (Å²) in [6.45, 7) is 0.204. The van der Waals surface area contributed by atoms with E-state index >= 15 is 0 Å². The Labute approximate surface area is 196 Å². The Morgan fingerprint density at radius 1 is 1.18 bits per heavy atom. The predicted octanol–water partition coefficient (Wildman–Crippen LogP) is 3.10. The number of nitrogens with one attached hydrogen (secondary N) is 2. The molecule has 174 valence electrons. The van der Waals surface area contributed by atoms with E-state index in [0.29, 0.717) is 42.1 Å². The van der Waals surface area contributed by atoms with E-state index in [1.54, 1.807) is 36.5 Å². The monoisotopic (exact) mass is 459 g/mol. The summed E-state index contributed by atoms with van der Waals surface area (Å²) >= 11 is 0. The zero-order chi connectivity index (χ0) is 23.5. The lowest BCUT2D eigenvalue weighted by atomic mass is 9.95. The maximum Gasteiger partial charge on any atom is 0.227 e. The molecule has 0 aliphatic carbocycles. The molecule has 0 saturated heterocycles. The summed E-state index contributed by atoms with van der Waals surface area (Å²) in [5.41, 5.74) is 2.36. The second-order valence-electron chi connectivity index (χ2n) is 8.43. The van der Waals surface area contributed by atoms with Crippen LogP contribution in [0.25, 0.3) is 0 Å². The van der Waals surface area contributed by atoms with Crippen molar-refractivity contribution < 1.29 is 24.2 Å². The van der Waals surface area contributed by atoms with Crippen molar-refractivity contribution in [2.24, 2.45) is 5.92 Å². The lowest BCUT2D eigenvalue weighted by Gasteiger charge is -2.26. The van der Waals surface area contributed by atoms with Crippen LogP contribution in [-0.4, -0.2) is 41.2 Å². The second-order valence-corrected chi connectivity index (χ2v) is 8.43. The molecular weight excluding hydrogens is 434 g/mol. The lowest BCUT2D eigenvalue weighted by Crippen LogP contribution is -2.39. The van der Waals surface area contributed by atoms with Gasteiger partial charge in [-0.15, -0.1) is 0 Å². The molecule has 8 nitrogen and oxygen atoms in total. The minimum absolute atomic E-state index is 0.0504. The summed E-state index contributed by atoms with van der Waals surface area (Å²) in [5.74, 6) is 1.90. The minimum Gasteiger partial charge on any atom is -0.492 e. The smallest absolute Gasteiger partial charge is 0.227 e. The zero-order valence-electron chi connectivity index (χ0n) is 18.5. The van der Waals surface area contributed by atoms with Gasteiger partial charge in [0.05, 0.1) is 12.5 Å². The number of fused-ring (bicyclic) bond motifs is 2. The quantitative estimate of drug-likeness (QED) is 0.486. The molecule has 0 bridgehead atoms. The van der Waals surface area contributed by atoms with Gasteiger partial charge in [-0.3, -0.25) is 9.59 Å². The Balaban J connectivity index is 1.24. The Hall–Kier alpha value is -3.91. The molecule has 1 amide bonds. The highest BCUT2D eigenvalue weighted by molar-refractivity contribution is 5.99. The van der Waals surface area contributed by atoms with E-state index in [4.69, 9.17) is 9.47 Å². The van der Waals surface area contributed by atoms with Crippen molar-refractivity contribution in [2.45, 2.75) is 25.5 Å². The number of aliphatic hydroxyl groups is 1. The standard InChI is InChI=1S/C26H25N3O5/c30-21(16-4-2-1-3-5-16)14-28-26(32)18-12-17-13-19(6-8-22(17)33-15-18)34-23-10-11-27-25-20(23)7-9-24(31)29-25/h1-6,8,10-11,13,18,24,31H,7,9,12,14-15H2,(H,27,29)(H,28,32)/t18-,24?/m1/s1. The molecule has 2 aromatic carbocycles. The summed E-state index contributed by atoms with van der Waals surface area (Å²) < 4.78 is 11.9. The summed E-state index contributed by atoms with van der Waals surface area (Å²) in [6, 6.07) is 16.2. The number of rotatable bonds is 6. The fourth-order valence-corrected chi connectivity index (χ4v) is 4.21. The third-order valence-corrected chi connectivity index (χ3v) is 6.04. The largest absolute Gasteiger partial charge is 0.492 e. The fraction of sp³-hybridized carbons (Fsp3) is 0.269. The SMILES string of the molecule is O=C(CNC(=O)[C@H]1COc2ccc(Oc3ccnc4c3CCC(O)N4)cc2C1)c1ccccc1. The van der Waals surface area contributed by atoms with Crippen molar-refractivity contribution in [3.8, 4) is 17.2 Å². The van der Waals surface area contributed by atoms with Crippen LogP contribution in [0.4, 0.5) is 5.82 Å². The molecule has 8 heteroatoms. The third-order valence-electron chi connectivity index (χ3n) is 6.04. The van der Waals surface area contributed by atoms with Crippen LogP contribution in [0.1, 0.15) is 27.9 Å². The number of ketones is 1. The average molecular weight is 460 g/mol. The molecule has 2 atom stereocenters. The Bertz CT molecular complexity index is 1210. The lowest BCUT2D eigenvalue weighted by molar-refractivity contribution is -0.126. The summed E-state index contributed by atoms with van der Waals surface area (Å²) in [6.07, 6.45) is 2.75. The highest BCUT2D eigenvalue weighted by atomic mass is 16.5. The maximum absolute atomic E-state index is 12.7. The summed E-state index contributed by atoms with van der Waals surface area (Å²) in [7, 11) is 0. The van der Waals surface area contributed by atoms with Gasteiger partial charge in [-0.1, -0.05) is 30.3 Å². The van der Waals surface area contributed by atoms with Gasteiger partial charge in [-0.25, -0.2) is 4.98 Å². The van der Waals surface area contributed by atoms with Crippen LogP contribution < -0.4 is 20.1 Å². The van der Waals surface area contributed by atoms with Gasteiger partial charge >= 0.3 is 0 Å². The number of carbonyl (C=O) groups excluding carboxylic acids is 2. The molecule has 0 saturated carbocycles. The van der Waals surface area contributed by atoms with Gasteiger partial charge in [0.25, 0.3) is 0 Å². The van der Waals surface area contributed by atoms with Gasteiger partial charge in [0.1, 0.15) is 35.9 Å². The number of pyridine rings is 1. The van der Waals surface area contributed by atoms with E-state index in [0.717, 1.165) is 16.9 Å². The third kappa shape index (κ3) is 4.72. The first kappa shape index (κ1) is 21.9. The predicted molar refractivity (Wildman–Crippen MR) is 125 cm³/mol. The molecule has 0 fully saturated rings. The number of hydrogen-bond acceptors (Lipinski definition) is 7. The molecule has 3 heterocycles. The Morgan fingerprint density at radius 2 is 2.03 bits per heavy atom. The zero-order valence-corrected chi connectivity index (χ0v) is 18.5. The van der Waals surface area contributed by atoms with Crippen LogP contribution in [0.2, 0.25) is 0 Å². The van der Waals surface area contributed by atoms with Crippen LogP contribution in [0.15, 0.2) is 60.8 Å². The first-order valence-corrected chi connectivity index (χ1v) is 11.3. The average Bonchev–Trinajstić information content (AvgIpc) is 2.87. The normalized spacial score (nSPS) is 18.5. The molecule has 2 aliphatic rings. The van der Waals surface area contributed by atoms with Gasteiger partial charge in [0.15, 0.2) is 5.78 Å². The highest BCUT2D eigenvalue weighted by Crippen LogP contribution is 2.36. The highest BCUT2D eigenvalue weighted by Gasteiger charge is 2.27. The molecule has 0 radical (unpaired) electrons. The van der Waals surface area contributed by atoms with Gasteiger partial charge < -0.3 is 25.2 Å². The maximum atomic E-state index is 12.7. The Kier molecular flexibility index (Phi) is 6.14. The molecule has 2 aliphatic heterocycles. The van der Waals surface area contributed by atoms with E-state index in [9.17, 15) is 14.7 Å². The van der Waals surface area contributed by atoms with Crippen molar-refractivity contribution in [1.29, 1.82) is 0 Å². The van der Waals surface area contributed by atoms with Crippen LogP contribution in [0.3, 0.4) is 0 Å². The van der Waals surface area contributed by atoms with Gasteiger partial charge in [0, 0.05) is 17.3 Å². The van der Waals surface area contributed by atoms with Crippen molar-refractivity contribution >= 4 is 17.5 Å². The van der Waals surface area contributed by atoms with Crippen molar-refractivity contribution in [3.63, 3.8) is 0 Å². The molecule has 3 N–H and O–H groups in total. The number of nitrogens with zero attached hydrogens (tertiary/aromatic N) is 1. The minimum atomic E-state index is -0.609. The van der Waals surface area contributed by atoms with Crippen molar-refractivity contribution in [3.05, 3.63) is 77.5 Å². The number of hydrogen-bond donors (Lipinski definition) is 3. The van der Waals surface area contributed by atoms with Crippen molar-refractivity contribution in [2.75, 3.05) is 18.5 Å². The van der Waals surface area contributed by atoms with E-state index in [1.165, 1.54) is 0 Å². The summed E-state index contributed by atoms with van der Waals surface area (Å²) in [4.78, 5) is 29.3. The number of benzene rings is 2. The fourth-order valence-electron chi connectivity index (χ4n) is 4.21. The van der Waals surface area contributed by atoms with Gasteiger partial charge in [-0.2, -0.15) is 0 Å². The second kappa shape index (κ2) is 9.52. The van der Waals surface area contributed by atoms with Gasteiger partial charge in [-0.05, 0) is 49.1 Å². The Morgan fingerprint density at radius 3 is 2.88 bits per heavy atom. The number of amides is 1. The number of ether oxygens (including phenoxy) is 2. The van der Waals surface area contributed by atoms with Crippen LogP contribution >= 0.6 is 0 Å². The van der Waals surface area contributed by atoms with E-state index < -0.39 is 12.1 Å². The van der Waals surface area contributed by atoms with Crippen LogP contribution in [0, 0.1) is 5.92 Å². The molecule has 34 heavy (non-hydrogen) atoms. The first-order chi connectivity index (χ1) is 16.6. The van der Waals surface area contributed by atoms with E-state index in [-0.39, 0.29) is 24.8 Å². The molecular formula is C26H25N3O5. The van der Waals surface area contributed by atoms with Crippen LogP contribution in [0.5, 0.6) is 17.2 Å². The van der Waals surface area contributed by atoms with Crippen molar-refractivity contribution in [1.82, 2.24) is 10.3 Å². The van der Waals surface area contributed by atoms with E-state index in [2.05, 4.69) is 15.6 Å². The van der Waals surface area contributed by atoms with Gasteiger partial charge in [0.2, 0.25) is 5.91 Å². The topological polar surface area (TPSA) is 110 Å². The number of anilines is 1. The number of aliphatic hydroxyl groups excluding tert-OH is 1. The number of Topliss-reactive ketones (excluding diaryl/α,β-unsaturated/α-hetero) is 1. The summed E-state index contributed by atoms with van der Waals surface area (Å²) in [5, 5.41) is 15.5. The molecule has 3 aromatic rings.